The average molecular weight is 209 g/mol. The summed E-state index contributed by atoms with van der Waals surface area (Å²) in [5.74, 6) is 2.43. The highest BCUT2D eigenvalue weighted by Gasteiger charge is 2.37. The van der Waals surface area contributed by atoms with E-state index in [4.69, 9.17) is 11.5 Å². The van der Waals surface area contributed by atoms with Crippen LogP contribution in [-0.4, -0.2) is 30.5 Å². The van der Waals surface area contributed by atoms with Gasteiger partial charge in [-0.05, 0) is 19.4 Å². The maximum Gasteiger partial charge on any atom is 0.415 e. The van der Waals surface area contributed by atoms with Crippen molar-refractivity contribution in [2.45, 2.75) is 31.5 Å². The van der Waals surface area contributed by atoms with Crippen molar-refractivity contribution in [1.82, 2.24) is 5.32 Å². The van der Waals surface area contributed by atoms with Crippen LogP contribution in [0.4, 0.5) is 13.2 Å². The summed E-state index contributed by atoms with van der Waals surface area (Å²) >= 11 is 0. The van der Waals surface area contributed by atoms with Gasteiger partial charge in [0.25, 0.3) is 0 Å². The Morgan fingerprint density at radius 2 is 2.00 bits per heavy atom. The molecular formula is C9H14F3NO. The third kappa shape index (κ3) is 6.75. The van der Waals surface area contributed by atoms with Crippen LogP contribution < -0.4 is 5.32 Å². The molecule has 0 aromatic carbocycles. The van der Waals surface area contributed by atoms with Gasteiger partial charge in [-0.3, -0.25) is 0 Å². The van der Waals surface area contributed by atoms with Crippen molar-refractivity contribution in [3.05, 3.63) is 0 Å². The van der Waals surface area contributed by atoms with E-state index in [9.17, 15) is 13.2 Å². The topological polar surface area (TPSA) is 32.3 Å². The lowest BCUT2D eigenvalue weighted by Crippen LogP contribution is -2.38. The van der Waals surface area contributed by atoms with Crippen LogP contribution in [0.2, 0.25) is 0 Å². The van der Waals surface area contributed by atoms with Gasteiger partial charge < -0.3 is 10.4 Å². The largest absolute Gasteiger partial charge is 0.415 e. The van der Waals surface area contributed by atoms with Gasteiger partial charge in [0.05, 0.1) is 0 Å². The molecule has 0 rings (SSSR count). The summed E-state index contributed by atoms with van der Waals surface area (Å²) in [6.07, 6.45) is 0.300. The smallest absolute Gasteiger partial charge is 0.382 e. The number of hydrogen-bond donors (Lipinski definition) is 2. The first-order valence-electron chi connectivity index (χ1n) is 4.37. The highest BCUT2D eigenvalue weighted by Crippen LogP contribution is 2.19. The summed E-state index contributed by atoms with van der Waals surface area (Å²) in [5, 5.41) is 11.1. The van der Waals surface area contributed by atoms with Crippen LogP contribution in [0.5, 0.6) is 0 Å². The molecule has 0 saturated heterocycles. The van der Waals surface area contributed by atoms with Crippen LogP contribution in [0.3, 0.4) is 0 Å². The number of unbranched alkanes of at least 4 members (excludes halogenated alkanes) is 2. The van der Waals surface area contributed by atoms with Crippen molar-refractivity contribution in [1.29, 1.82) is 0 Å². The molecule has 0 amide bonds. The third-order valence-electron chi connectivity index (χ3n) is 1.64. The van der Waals surface area contributed by atoms with E-state index < -0.39 is 18.8 Å². The van der Waals surface area contributed by atoms with E-state index in [0.29, 0.717) is 13.0 Å². The Labute approximate surface area is 81.5 Å². The van der Waals surface area contributed by atoms with E-state index in [2.05, 4.69) is 11.2 Å². The quantitative estimate of drug-likeness (QED) is 0.510. The van der Waals surface area contributed by atoms with Gasteiger partial charge in [-0.25, -0.2) is 0 Å². The highest BCUT2D eigenvalue weighted by atomic mass is 19.4. The maximum atomic E-state index is 11.8. The summed E-state index contributed by atoms with van der Waals surface area (Å²) in [6.45, 7) is -0.0195. The fraction of sp³-hybridized carbons (Fsp3) is 0.778. The summed E-state index contributed by atoms with van der Waals surface area (Å²) in [4.78, 5) is 0. The zero-order valence-corrected chi connectivity index (χ0v) is 7.77. The second-order valence-electron chi connectivity index (χ2n) is 2.92. The number of halogens is 3. The minimum atomic E-state index is -4.54. The number of hydrogen-bond acceptors (Lipinski definition) is 2. The van der Waals surface area contributed by atoms with Crippen molar-refractivity contribution >= 4 is 0 Å². The van der Waals surface area contributed by atoms with Crippen LogP contribution in [0.15, 0.2) is 0 Å². The molecule has 0 aromatic heterocycles. The Balaban J connectivity index is 3.33. The van der Waals surface area contributed by atoms with Crippen molar-refractivity contribution in [2.24, 2.45) is 0 Å². The normalized spacial score (nSPS) is 13.6. The molecule has 0 aromatic rings. The molecule has 14 heavy (non-hydrogen) atoms. The molecule has 0 aliphatic rings. The molecule has 1 atom stereocenters. The molecule has 0 bridgehead atoms. The Morgan fingerprint density at radius 1 is 1.36 bits per heavy atom. The van der Waals surface area contributed by atoms with Gasteiger partial charge >= 0.3 is 6.18 Å². The van der Waals surface area contributed by atoms with Crippen LogP contribution in [0.25, 0.3) is 0 Å². The van der Waals surface area contributed by atoms with Crippen LogP contribution >= 0.6 is 0 Å². The molecular weight excluding hydrogens is 195 g/mol. The Kier molecular flexibility index (Phi) is 6.34. The molecule has 82 valence electrons. The fourth-order valence-corrected chi connectivity index (χ4v) is 0.832. The van der Waals surface area contributed by atoms with Gasteiger partial charge in [0.15, 0.2) is 6.10 Å². The molecule has 5 heteroatoms. The molecule has 0 spiro atoms. The van der Waals surface area contributed by atoms with Gasteiger partial charge in [0.1, 0.15) is 0 Å². The second-order valence-corrected chi connectivity index (χ2v) is 2.92. The van der Waals surface area contributed by atoms with Crippen LogP contribution in [0.1, 0.15) is 19.3 Å². The van der Waals surface area contributed by atoms with E-state index in [-0.39, 0.29) is 0 Å². The first-order chi connectivity index (χ1) is 6.48. The lowest BCUT2D eigenvalue weighted by Gasteiger charge is -2.14. The Morgan fingerprint density at radius 3 is 2.50 bits per heavy atom. The molecule has 2 N–H and O–H groups in total. The van der Waals surface area contributed by atoms with E-state index >= 15 is 0 Å². The van der Waals surface area contributed by atoms with E-state index in [1.54, 1.807) is 0 Å². The number of rotatable bonds is 6. The maximum absolute atomic E-state index is 11.8. The zero-order chi connectivity index (χ0) is 11.0. The molecule has 0 saturated carbocycles. The standard InChI is InChI=1S/C9H14F3NO/c1-2-3-4-5-6-13-7-8(14)9(10,11)12/h1,8,13-14H,3-7H2. The summed E-state index contributed by atoms with van der Waals surface area (Å²) in [7, 11) is 0. The predicted octanol–water partition coefficient (Wildman–Crippen LogP) is 1.30. The van der Waals surface area contributed by atoms with Crippen molar-refractivity contribution < 1.29 is 18.3 Å². The first-order valence-corrected chi connectivity index (χ1v) is 4.37. The predicted molar refractivity (Wildman–Crippen MR) is 47.6 cm³/mol. The Hall–Kier alpha value is -0.730. The monoisotopic (exact) mass is 209 g/mol. The number of nitrogens with one attached hydrogen (secondary N) is 1. The molecule has 0 aliphatic carbocycles. The molecule has 1 unspecified atom stereocenters. The lowest BCUT2D eigenvalue weighted by molar-refractivity contribution is -0.201. The average Bonchev–Trinajstić information content (AvgIpc) is 2.09. The summed E-state index contributed by atoms with van der Waals surface area (Å²) < 4.78 is 35.3. The summed E-state index contributed by atoms with van der Waals surface area (Å²) in [6, 6.07) is 0. The molecule has 0 radical (unpaired) electrons. The van der Waals surface area contributed by atoms with E-state index in [0.717, 1.165) is 12.8 Å². The lowest BCUT2D eigenvalue weighted by atomic mass is 10.2. The van der Waals surface area contributed by atoms with Gasteiger partial charge in [-0.15, -0.1) is 12.3 Å². The van der Waals surface area contributed by atoms with Gasteiger partial charge in [-0.2, -0.15) is 13.2 Å². The number of aliphatic hydroxyl groups excluding tert-OH is 1. The number of alkyl halides is 3. The van der Waals surface area contributed by atoms with Crippen molar-refractivity contribution in [3.63, 3.8) is 0 Å². The minimum absolute atomic E-state index is 0.439. The van der Waals surface area contributed by atoms with Gasteiger partial charge in [0, 0.05) is 13.0 Å². The van der Waals surface area contributed by atoms with Crippen LogP contribution in [0, 0.1) is 12.3 Å². The highest BCUT2D eigenvalue weighted by molar-refractivity contribution is 4.82. The molecule has 0 fully saturated rings. The van der Waals surface area contributed by atoms with Gasteiger partial charge in [0.2, 0.25) is 0 Å². The number of aliphatic hydroxyl groups is 1. The van der Waals surface area contributed by atoms with E-state index in [1.807, 2.05) is 0 Å². The first kappa shape index (κ1) is 13.3. The molecule has 0 aliphatic heterocycles. The molecule has 0 heterocycles. The molecule has 2 nitrogen and oxygen atoms in total. The van der Waals surface area contributed by atoms with Gasteiger partial charge in [-0.1, -0.05) is 0 Å². The van der Waals surface area contributed by atoms with Crippen LogP contribution in [-0.2, 0) is 0 Å². The Bertz CT molecular complexity index is 185. The summed E-state index contributed by atoms with van der Waals surface area (Å²) in [5.41, 5.74) is 0. The zero-order valence-electron chi connectivity index (χ0n) is 7.77. The SMILES string of the molecule is C#CCCCCNCC(O)C(F)(F)F. The minimum Gasteiger partial charge on any atom is -0.382 e. The fourth-order valence-electron chi connectivity index (χ4n) is 0.832. The second kappa shape index (κ2) is 6.68. The number of terminal acetylenes is 1. The third-order valence-corrected chi connectivity index (χ3v) is 1.64. The van der Waals surface area contributed by atoms with Crippen molar-refractivity contribution in [3.8, 4) is 12.3 Å². The van der Waals surface area contributed by atoms with Crippen molar-refractivity contribution in [2.75, 3.05) is 13.1 Å². The van der Waals surface area contributed by atoms with E-state index in [1.165, 1.54) is 0 Å².